The fourth-order valence-electron chi connectivity index (χ4n) is 2.57. The third kappa shape index (κ3) is 3.34. The highest BCUT2D eigenvalue weighted by atomic mass is 16.3. The highest BCUT2D eigenvalue weighted by Crippen LogP contribution is 2.30. The minimum atomic E-state index is 0.813. The molecule has 1 heterocycles. The van der Waals surface area contributed by atoms with Gasteiger partial charge in [-0.25, -0.2) is 4.98 Å². The molecule has 1 aromatic heterocycles. The first-order valence-corrected chi connectivity index (χ1v) is 6.46. The molecule has 16 heavy (non-hydrogen) atoms. The molecule has 0 unspecified atom stereocenters. The van der Waals surface area contributed by atoms with E-state index in [4.69, 9.17) is 4.42 Å². The van der Waals surface area contributed by atoms with Gasteiger partial charge in [-0.3, -0.25) is 0 Å². The van der Waals surface area contributed by atoms with Crippen LogP contribution in [0.5, 0.6) is 0 Å². The van der Waals surface area contributed by atoms with Gasteiger partial charge in [0.05, 0.1) is 12.7 Å². The average Bonchev–Trinajstić information content (AvgIpc) is 2.83. The lowest BCUT2D eigenvalue weighted by Gasteiger charge is -2.27. The number of hydrogen-bond acceptors (Lipinski definition) is 3. The van der Waals surface area contributed by atoms with Gasteiger partial charge in [0.15, 0.2) is 6.39 Å². The molecule has 1 aliphatic rings. The summed E-state index contributed by atoms with van der Waals surface area (Å²) in [6.07, 6.45) is 10.3. The van der Waals surface area contributed by atoms with E-state index in [2.05, 4.69) is 17.2 Å². The molecule has 1 aromatic rings. The van der Waals surface area contributed by atoms with E-state index in [0.29, 0.717) is 0 Å². The third-order valence-corrected chi connectivity index (χ3v) is 3.76. The van der Waals surface area contributed by atoms with E-state index in [9.17, 15) is 0 Å². The Morgan fingerprint density at radius 3 is 2.69 bits per heavy atom. The first-order chi connectivity index (χ1) is 7.88. The molecule has 1 fully saturated rings. The van der Waals surface area contributed by atoms with Gasteiger partial charge in [0.2, 0.25) is 0 Å². The predicted molar refractivity (Wildman–Crippen MR) is 63.9 cm³/mol. The summed E-state index contributed by atoms with van der Waals surface area (Å²) in [7, 11) is 0. The molecule has 0 amide bonds. The van der Waals surface area contributed by atoms with E-state index in [-0.39, 0.29) is 0 Å². The van der Waals surface area contributed by atoms with Crippen LogP contribution in [0.4, 0.5) is 0 Å². The molecule has 1 N–H and O–H groups in total. The standard InChI is InChI=1S/C13H22N2O/c1-2-11-3-5-12(6-4-11)7-14-8-13-9-15-10-16-13/h9-12,14H,2-8H2,1H3. The number of hydrogen-bond donors (Lipinski definition) is 1. The van der Waals surface area contributed by atoms with Gasteiger partial charge in [-0.1, -0.05) is 26.2 Å². The van der Waals surface area contributed by atoms with Crippen LogP contribution >= 0.6 is 0 Å². The van der Waals surface area contributed by atoms with E-state index in [0.717, 1.165) is 30.7 Å². The molecular weight excluding hydrogens is 200 g/mol. The van der Waals surface area contributed by atoms with Crippen LogP contribution in [0.25, 0.3) is 0 Å². The molecule has 3 nitrogen and oxygen atoms in total. The summed E-state index contributed by atoms with van der Waals surface area (Å²) in [6, 6.07) is 0. The van der Waals surface area contributed by atoms with Crippen LogP contribution in [-0.2, 0) is 6.54 Å². The maximum absolute atomic E-state index is 5.18. The molecule has 0 aliphatic heterocycles. The van der Waals surface area contributed by atoms with Crippen LogP contribution in [0.2, 0.25) is 0 Å². The van der Waals surface area contributed by atoms with Crippen molar-refractivity contribution in [1.29, 1.82) is 0 Å². The van der Waals surface area contributed by atoms with Crippen molar-refractivity contribution in [2.45, 2.75) is 45.6 Å². The van der Waals surface area contributed by atoms with E-state index >= 15 is 0 Å². The van der Waals surface area contributed by atoms with E-state index < -0.39 is 0 Å². The zero-order chi connectivity index (χ0) is 11.2. The Morgan fingerprint density at radius 1 is 1.31 bits per heavy atom. The Labute approximate surface area is 97.6 Å². The van der Waals surface area contributed by atoms with Crippen molar-refractivity contribution < 1.29 is 4.42 Å². The molecule has 0 atom stereocenters. The van der Waals surface area contributed by atoms with Gasteiger partial charge in [0, 0.05) is 0 Å². The van der Waals surface area contributed by atoms with Crippen molar-refractivity contribution in [3.8, 4) is 0 Å². The average molecular weight is 222 g/mol. The molecule has 0 saturated heterocycles. The van der Waals surface area contributed by atoms with Crippen molar-refractivity contribution in [3.05, 3.63) is 18.4 Å². The fraction of sp³-hybridized carbons (Fsp3) is 0.769. The van der Waals surface area contributed by atoms with Gasteiger partial charge in [0.1, 0.15) is 5.76 Å². The molecule has 90 valence electrons. The number of oxazole rings is 1. The SMILES string of the molecule is CCC1CCC(CNCc2cnco2)CC1. The highest BCUT2D eigenvalue weighted by Gasteiger charge is 2.19. The normalized spacial score (nSPS) is 25.8. The lowest BCUT2D eigenvalue weighted by atomic mass is 9.81. The quantitative estimate of drug-likeness (QED) is 0.832. The lowest BCUT2D eigenvalue weighted by molar-refractivity contribution is 0.261. The van der Waals surface area contributed by atoms with Gasteiger partial charge < -0.3 is 9.73 Å². The molecule has 2 rings (SSSR count). The Hall–Kier alpha value is -0.830. The second-order valence-corrected chi connectivity index (χ2v) is 4.89. The van der Waals surface area contributed by atoms with Gasteiger partial charge in [-0.2, -0.15) is 0 Å². The van der Waals surface area contributed by atoms with Crippen LogP contribution in [-0.4, -0.2) is 11.5 Å². The molecule has 0 radical (unpaired) electrons. The summed E-state index contributed by atoms with van der Waals surface area (Å²) in [6.45, 7) is 4.25. The fourth-order valence-corrected chi connectivity index (χ4v) is 2.57. The minimum Gasteiger partial charge on any atom is -0.447 e. The zero-order valence-corrected chi connectivity index (χ0v) is 10.1. The van der Waals surface area contributed by atoms with Gasteiger partial charge in [-0.05, 0) is 31.2 Å². The van der Waals surface area contributed by atoms with Crippen molar-refractivity contribution in [3.63, 3.8) is 0 Å². The van der Waals surface area contributed by atoms with Crippen molar-refractivity contribution >= 4 is 0 Å². The molecule has 3 heteroatoms. The van der Waals surface area contributed by atoms with E-state index in [1.54, 1.807) is 6.20 Å². The van der Waals surface area contributed by atoms with Crippen molar-refractivity contribution in [2.24, 2.45) is 11.8 Å². The summed E-state index contributed by atoms with van der Waals surface area (Å²) in [5, 5.41) is 3.46. The second-order valence-electron chi connectivity index (χ2n) is 4.89. The summed E-state index contributed by atoms with van der Waals surface area (Å²) in [5.74, 6) is 2.79. The van der Waals surface area contributed by atoms with E-state index in [1.807, 2.05) is 0 Å². The maximum Gasteiger partial charge on any atom is 0.180 e. The van der Waals surface area contributed by atoms with Crippen LogP contribution in [0.1, 0.15) is 44.8 Å². The van der Waals surface area contributed by atoms with Crippen LogP contribution in [0.15, 0.2) is 17.0 Å². The smallest absolute Gasteiger partial charge is 0.180 e. The highest BCUT2D eigenvalue weighted by molar-refractivity contribution is 4.87. The third-order valence-electron chi connectivity index (χ3n) is 3.76. The van der Waals surface area contributed by atoms with Crippen LogP contribution in [0, 0.1) is 11.8 Å². The monoisotopic (exact) mass is 222 g/mol. The molecule has 1 aliphatic carbocycles. The van der Waals surface area contributed by atoms with Gasteiger partial charge in [-0.15, -0.1) is 0 Å². The minimum absolute atomic E-state index is 0.813. The largest absolute Gasteiger partial charge is 0.447 e. The maximum atomic E-state index is 5.18. The Bertz CT molecular complexity index is 276. The zero-order valence-electron chi connectivity index (χ0n) is 10.1. The molecule has 0 aromatic carbocycles. The Kier molecular flexibility index (Phi) is 4.40. The molecule has 1 saturated carbocycles. The van der Waals surface area contributed by atoms with Crippen molar-refractivity contribution in [1.82, 2.24) is 10.3 Å². The van der Waals surface area contributed by atoms with Crippen LogP contribution < -0.4 is 5.32 Å². The summed E-state index contributed by atoms with van der Waals surface area (Å²) < 4.78 is 5.18. The first-order valence-electron chi connectivity index (χ1n) is 6.46. The summed E-state index contributed by atoms with van der Waals surface area (Å²) >= 11 is 0. The lowest BCUT2D eigenvalue weighted by Crippen LogP contribution is -2.26. The molecular formula is C13H22N2O. The molecule has 0 spiro atoms. The number of rotatable bonds is 5. The molecule has 0 bridgehead atoms. The van der Waals surface area contributed by atoms with Crippen molar-refractivity contribution in [2.75, 3.05) is 6.54 Å². The second kappa shape index (κ2) is 6.04. The van der Waals surface area contributed by atoms with Crippen LogP contribution in [0.3, 0.4) is 0 Å². The van der Waals surface area contributed by atoms with E-state index in [1.165, 1.54) is 38.5 Å². The Morgan fingerprint density at radius 2 is 2.06 bits per heavy atom. The predicted octanol–water partition coefficient (Wildman–Crippen LogP) is 2.98. The number of nitrogens with one attached hydrogen (secondary N) is 1. The first kappa shape index (κ1) is 11.6. The van der Waals surface area contributed by atoms with Gasteiger partial charge in [0.25, 0.3) is 0 Å². The number of nitrogens with zero attached hydrogens (tertiary/aromatic N) is 1. The Balaban J connectivity index is 1.60. The summed E-state index contributed by atoms with van der Waals surface area (Å²) in [5.41, 5.74) is 0. The number of aromatic nitrogens is 1. The van der Waals surface area contributed by atoms with Gasteiger partial charge >= 0.3 is 0 Å². The summed E-state index contributed by atoms with van der Waals surface area (Å²) in [4.78, 5) is 3.90. The topological polar surface area (TPSA) is 38.1 Å².